The van der Waals surface area contributed by atoms with E-state index in [-0.39, 0.29) is 4.90 Å². The van der Waals surface area contributed by atoms with Crippen molar-refractivity contribution in [3.8, 4) is 11.5 Å². The molecule has 0 saturated heterocycles. The first-order chi connectivity index (χ1) is 15.4. The molecule has 6 nitrogen and oxygen atoms in total. The molecule has 0 bridgehead atoms. The highest BCUT2D eigenvalue weighted by atomic mass is 32.2. The average molecular weight is 475 g/mol. The van der Waals surface area contributed by atoms with Crippen LogP contribution >= 0.6 is 11.8 Å². The van der Waals surface area contributed by atoms with E-state index in [0.29, 0.717) is 29.4 Å². The number of amides is 1. The standard InChI is InChI=1S/C23H23FN2O4S2/c1-31-15-14-22(26-32(28,29)21-8-3-2-4-9-21)23(27)25-18-10-12-19(13-11-18)30-20-7-5-6-17(24)16-20/h2-13,16,22,26H,14-15H2,1H3,(H,25,27). The molecular weight excluding hydrogens is 451 g/mol. The predicted molar refractivity (Wildman–Crippen MR) is 125 cm³/mol. The van der Waals surface area contributed by atoms with Crippen molar-refractivity contribution in [1.29, 1.82) is 0 Å². The third kappa shape index (κ3) is 6.81. The van der Waals surface area contributed by atoms with Gasteiger partial charge >= 0.3 is 0 Å². The van der Waals surface area contributed by atoms with Gasteiger partial charge in [-0.25, -0.2) is 12.8 Å². The summed E-state index contributed by atoms with van der Waals surface area (Å²) in [5.41, 5.74) is 0.481. The van der Waals surface area contributed by atoms with Gasteiger partial charge < -0.3 is 10.1 Å². The summed E-state index contributed by atoms with van der Waals surface area (Å²) in [5.74, 6) is 0.569. The van der Waals surface area contributed by atoms with E-state index in [4.69, 9.17) is 4.74 Å². The van der Waals surface area contributed by atoms with Crippen LogP contribution in [0.25, 0.3) is 0 Å². The summed E-state index contributed by atoms with van der Waals surface area (Å²) >= 11 is 1.52. The number of hydrogen-bond donors (Lipinski definition) is 2. The van der Waals surface area contributed by atoms with E-state index in [9.17, 15) is 17.6 Å². The summed E-state index contributed by atoms with van der Waals surface area (Å²) in [7, 11) is -3.84. The van der Waals surface area contributed by atoms with Crippen molar-refractivity contribution in [3.05, 3.63) is 84.7 Å². The summed E-state index contributed by atoms with van der Waals surface area (Å²) in [6.07, 6.45) is 2.22. The Labute approximate surface area is 191 Å². The molecule has 9 heteroatoms. The lowest BCUT2D eigenvalue weighted by atomic mass is 10.2. The number of hydrogen-bond acceptors (Lipinski definition) is 5. The van der Waals surface area contributed by atoms with E-state index in [1.165, 1.54) is 36.0 Å². The summed E-state index contributed by atoms with van der Waals surface area (Å²) < 4.78 is 46.7. The molecule has 0 radical (unpaired) electrons. The van der Waals surface area contributed by atoms with E-state index in [2.05, 4.69) is 10.0 Å². The molecule has 0 aliphatic rings. The molecule has 3 aromatic carbocycles. The van der Waals surface area contributed by atoms with E-state index >= 15 is 0 Å². The van der Waals surface area contributed by atoms with E-state index in [1.54, 1.807) is 54.6 Å². The predicted octanol–water partition coefficient (Wildman–Crippen LogP) is 4.66. The first-order valence-corrected chi connectivity index (χ1v) is 12.7. The zero-order chi connectivity index (χ0) is 23.0. The number of carbonyl (C=O) groups excluding carboxylic acids is 1. The summed E-state index contributed by atoms with van der Waals surface area (Å²) in [6, 6.07) is 19.3. The topological polar surface area (TPSA) is 84.5 Å². The molecular formula is C23H23FN2O4S2. The van der Waals surface area contributed by atoms with Crippen molar-refractivity contribution >= 4 is 33.4 Å². The van der Waals surface area contributed by atoms with Crippen LogP contribution < -0.4 is 14.8 Å². The molecule has 0 saturated carbocycles. The second-order valence-corrected chi connectivity index (χ2v) is 9.54. The third-order valence-corrected chi connectivity index (χ3v) is 6.56. The maximum Gasteiger partial charge on any atom is 0.242 e. The Morgan fingerprint density at radius 3 is 2.38 bits per heavy atom. The van der Waals surface area contributed by atoms with Crippen molar-refractivity contribution in [3.63, 3.8) is 0 Å². The fourth-order valence-electron chi connectivity index (χ4n) is 2.84. The molecule has 3 aromatic rings. The summed E-state index contributed by atoms with van der Waals surface area (Å²) in [5, 5.41) is 2.73. The average Bonchev–Trinajstić information content (AvgIpc) is 2.78. The van der Waals surface area contributed by atoms with Gasteiger partial charge in [-0.15, -0.1) is 0 Å². The fraction of sp³-hybridized carbons (Fsp3) is 0.174. The zero-order valence-corrected chi connectivity index (χ0v) is 19.0. The molecule has 3 rings (SSSR count). The lowest BCUT2D eigenvalue weighted by Gasteiger charge is -2.18. The van der Waals surface area contributed by atoms with Gasteiger partial charge in [0.15, 0.2) is 0 Å². The molecule has 0 aliphatic carbocycles. The Kier molecular flexibility index (Phi) is 8.26. The van der Waals surface area contributed by atoms with Crippen LogP contribution in [0.5, 0.6) is 11.5 Å². The number of halogens is 1. The van der Waals surface area contributed by atoms with Crippen molar-refractivity contribution < 1.29 is 22.3 Å². The number of ether oxygens (including phenoxy) is 1. The van der Waals surface area contributed by atoms with Crippen LogP contribution in [-0.4, -0.2) is 32.4 Å². The van der Waals surface area contributed by atoms with Crippen LogP contribution in [0.1, 0.15) is 6.42 Å². The third-order valence-electron chi connectivity index (χ3n) is 4.43. The van der Waals surface area contributed by atoms with Gasteiger partial charge in [0, 0.05) is 11.8 Å². The maximum absolute atomic E-state index is 13.3. The SMILES string of the molecule is CSCCC(NS(=O)(=O)c1ccccc1)C(=O)Nc1ccc(Oc2cccc(F)c2)cc1. The number of thioether (sulfide) groups is 1. The largest absolute Gasteiger partial charge is 0.457 e. The van der Waals surface area contributed by atoms with Crippen LogP contribution in [0.3, 0.4) is 0 Å². The Hall–Kier alpha value is -2.88. The smallest absolute Gasteiger partial charge is 0.242 e. The Bertz CT molecular complexity index is 1140. The molecule has 0 spiro atoms. The van der Waals surface area contributed by atoms with Gasteiger partial charge in [0.2, 0.25) is 15.9 Å². The molecule has 1 unspecified atom stereocenters. The van der Waals surface area contributed by atoms with Gasteiger partial charge in [-0.1, -0.05) is 24.3 Å². The Balaban J connectivity index is 1.67. The minimum absolute atomic E-state index is 0.0980. The second kappa shape index (κ2) is 11.1. The minimum atomic E-state index is -3.84. The van der Waals surface area contributed by atoms with Crippen LogP contribution in [0.2, 0.25) is 0 Å². The Morgan fingerprint density at radius 1 is 1.00 bits per heavy atom. The molecule has 0 aliphatic heterocycles. The Morgan fingerprint density at radius 2 is 1.72 bits per heavy atom. The number of nitrogens with one attached hydrogen (secondary N) is 2. The molecule has 1 amide bonds. The monoisotopic (exact) mass is 474 g/mol. The molecule has 32 heavy (non-hydrogen) atoms. The number of benzene rings is 3. The van der Waals surface area contributed by atoms with Crippen molar-refractivity contribution in [2.45, 2.75) is 17.4 Å². The maximum atomic E-state index is 13.3. The number of sulfonamides is 1. The molecule has 168 valence electrons. The van der Waals surface area contributed by atoms with E-state index in [0.717, 1.165) is 0 Å². The van der Waals surface area contributed by atoms with Crippen LogP contribution in [0.15, 0.2) is 83.8 Å². The van der Waals surface area contributed by atoms with Crippen molar-refractivity contribution in [2.75, 3.05) is 17.3 Å². The molecule has 0 aromatic heterocycles. The summed E-state index contributed by atoms with van der Waals surface area (Å²) in [4.78, 5) is 12.9. The second-order valence-electron chi connectivity index (χ2n) is 6.84. The van der Waals surface area contributed by atoms with Gasteiger partial charge in [-0.3, -0.25) is 4.79 Å². The van der Waals surface area contributed by atoms with Crippen LogP contribution in [0, 0.1) is 5.82 Å². The van der Waals surface area contributed by atoms with E-state index < -0.39 is 27.8 Å². The number of anilines is 1. The van der Waals surface area contributed by atoms with Crippen LogP contribution in [-0.2, 0) is 14.8 Å². The lowest BCUT2D eigenvalue weighted by Crippen LogP contribution is -2.44. The normalized spacial score (nSPS) is 12.2. The molecule has 0 fully saturated rings. The molecule has 0 heterocycles. The fourth-order valence-corrected chi connectivity index (χ4v) is 4.56. The van der Waals surface area contributed by atoms with E-state index in [1.807, 2.05) is 6.26 Å². The van der Waals surface area contributed by atoms with Gasteiger partial charge in [-0.05, 0) is 67.0 Å². The highest BCUT2D eigenvalue weighted by Gasteiger charge is 2.25. The first-order valence-electron chi connectivity index (χ1n) is 9.78. The highest BCUT2D eigenvalue weighted by molar-refractivity contribution is 7.98. The van der Waals surface area contributed by atoms with Crippen molar-refractivity contribution in [1.82, 2.24) is 4.72 Å². The molecule has 2 N–H and O–H groups in total. The zero-order valence-electron chi connectivity index (χ0n) is 17.3. The lowest BCUT2D eigenvalue weighted by molar-refractivity contribution is -0.117. The number of carbonyl (C=O) groups is 1. The van der Waals surface area contributed by atoms with Crippen LogP contribution in [0.4, 0.5) is 10.1 Å². The number of rotatable bonds is 10. The van der Waals surface area contributed by atoms with Gasteiger partial charge in [0.1, 0.15) is 23.4 Å². The van der Waals surface area contributed by atoms with Gasteiger partial charge in [-0.2, -0.15) is 16.5 Å². The van der Waals surface area contributed by atoms with Crippen molar-refractivity contribution in [2.24, 2.45) is 0 Å². The molecule has 1 atom stereocenters. The van der Waals surface area contributed by atoms with Gasteiger partial charge in [0.25, 0.3) is 0 Å². The minimum Gasteiger partial charge on any atom is -0.457 e. The summed E-state index contributed by atoms with van der Waals surface area (Å²) in [6.45, 7) is 0. The first kappa shape index (κ1) is 23.8. The van der Waals surface area contributed by atoms with Gasteiger partial charge in [0.05, 0.1) is 4.90 Å². The quantitative estimate of drug-likeness (QED) is 0.447. The highest BCUT2D eigenvalue weighted by Crippen LogP contribution is 2.23.